The highest BCUT2D eigenvalue weighted by Gasteiger charge is 2.10. The first-order valence-corrected chi connectivity index (χ1v) is 10.0. The van der Waals surface area contributed by atoms with E-state index in [1.54, 1.807) is 24.3 Å². The van der Waals surface area contributed by atoms with Crippen molar-refractivity contribution in [3.05, 3.63) is 95.0 Å². The van der Waals surface area contributed by atoms with E-state index in [4.69, 9.17) is 28.6 Å². The first kappa shape index (κ1) is 20.8. The first-order valence-electron chi connectivity index (χ1n) is 9.25. The number of rotatable bonds is 7. The standard InChI is InChI=1S/C23H21ClN2O2S/c24-19-14-12-18(13-15-19)22(27)26-23(29)25-20-10-4-5-11-21(20)28-16-6-9-17-7-2-1-3-8-17/h1-5,7-8,10-15H,6,9,16H2,(H2,25,26,27,29). The van der Waals surface area contributed by atoms with Gasteiger partial charge in [0.2, 0.25) is 0 Å². The van der Waals surface area contributed by atoms with Crippen LogP contribution in [0.4, 0.5) is 5.69 Å². The maximum absolute atomic E-state index is 12.3. The summed E-state index contributed by atoms with van der Waals surface area (Å²) in [7, 11) is 0. The predicted molar refractivity (Wildman–Crippen MR) is 122 cm³/mol. The molecular weight excluding hydrogens is 404 g/mol. The van der Waals surface area contributed by atoms with E-state index in [2.05, 4.69) is 22.8 Å². The molecule has 3 aromatic carbocycles. The number of hydrogen-bond donors (Lipinski definition) is 2. The number of halogens is 1. The second-order valence-corrected chi connectivity index (χ2v) is 7.19. The van der Waals surface area contributed by atoms with E-state index in [0.29, 0.717) is 28.6 Å². The fraction of sp³-hybridized carbons (Fsp3) is 0.130. The summed E-state index contributed by atoms with van der Waals surface area (Å²) in [5.41, 5.74) is 2.46. The number of carbonyl (C=O) groups excluding carboxylic acids is 1. The lowest BCUT2D eigenvalue weighted by Crippen LogP contribution is -2.34. The normalized spacial score (nSPS) is 10.2. The minimum Gasteiger partial charge on any atom is -0.491 e. The lowest BCUT2D eigenvalue weighted by molar-refractivity contribution is 0.0977. The predicted octanol–water partition coefficient (Wildman–Crippen LogP) is 5.48. The minimum atomic E-state index is -0.305. The molecule has 6 heteroatoms. The summed E-state index contributed by atoms with van der Waals surface area (Å²) in [6.07, 6.45) is 1.85. The van der Waals surface area contributed by atoms with Crippen LogP contribution in [0.3, 0.4) is 0 Å². The lowest BCUT2D eigenvalue weighted by atomic mass is 10.1. The van der Waals surface area contributed by atoms with E-state index in [0.717, 1.165) is 12.8 Å². The molecule has 0 saturated heterocycles. The van der Waals surface area contributed by atoms with Gasteiger partial charge in [0.15, 0.2) is 5.11 Å². The van der Waals surface area contributed by atoms with Gasteiger partial charge in [0.05, 0.1) is 12.3 Å². The fourth-order valence-corrected chi connectivity index (χ4v) is 3.06. The quantitative estimate of drug-likeness (QED) is 0.389. The van der Waals surface area contributed by atoms with Crippen LogP contribution in [0, 0.1) is 0 Å². The molecule has 0 unspecified atom stereocenters. The molecule has 0 saturated carbocycles. The number of thiocarbonyl (C=S) groups is 1. The summed E-state index contributed by atoms with van der Waals surface area (Å²) in [4.78, 5) is 12.3. The number of amides is 1. The van der Waals surface area contributed by atoms with Crippen molar-refractivity contribution in [2.75, 3.05) is 11.9 Å². The lowest BCUT2D eigenvalue weighted by Gasteiger charge is -2.14. The van der Waals surface area contributed by atoms with Gasteiger partial charge in [-0.25, -0.2) is 0 Å². The van der Waals surface area contributed by atoms with Gasteiger partial charge < -0.3 is 10.1 Å². The highest BCUT2D eigenvalue weighted by atomic mass is 35.5. The van der Waals surface area contributed by atoms with Crippen molar-refractivity contribution >= 4 is 40.5 Å². The molecule has 29 heavy (non-hydrogen) atoms. The molecule has 3 rings (SSSR count). The van der Waals surface area contributed by atoms with E-state index >= 15 is 0 Å². The van der Waals surface area contributed by atoms with Crippen molar-refractivity contribution in [2.24, 2.45) is 0 Å². The van der Waals surface area contributed by atoms with Gasteiger partial charge in [-0.1, -0.05) is 54.1 Å². The third kappa shape index (κ3) is 6.59. The minimum absolute atomic E-state index is 0.199. The smallest absolute Gasteiger partial charge is 0.257 e. The molecule has 3 aromatic rings. The third-order valence-electron chi connectivity index (χ3n) is 4.18. The molecule has 0 radical (unpaired) electrons. The molecule has 1 amide bonds. The summed E-state index contributed by atoms with van der Waals surface area (Å²) < 4.78 is 5.91. The van der Waals surface area contributed by atoms with Gasteiger partial charge in [0.1, 0.15) is 5.75 Å². The maximum Gasteiger partial charge on any atom is 0.257 e. The second kappa shape index (κ2) is 10.6. The van der Waals surface area contributed by atoms with Crippen molar-refractivity contribution < 1.29 is 9.53 Å². The molecule has 0 heterocycles. The zero-order valence-electron chi connectivity index (χ0n) is 15.7. The molecule has 4 nitrogen and oxygen atoms in total. The Kier molecular flexibility index (Phi) is 7.61. The second-order valence-electron chi connectivity index (χ2n) is 6.35. The number of hydrogen-bond acceptors (Lipinski definition) is 3. The Morgan fingerprint density at radius 2 is 1.62 bits per heavy atom. The van der Waals surface area contributed by atoms with Gasteiger partial charge in [0, 0.05) is 10.6 Å². The van der Waals surface area contributed by atoms with Crippen molar-refractivity contribution in [1.29, 1.82) is 0 Å². The van der Waals surface area contributed by atoms with Gasteiger partial charge in [-0.3, -0.25) is 10.1 Å². The SMILES string of the molecule is O=C(NC(=S)Nc1ccccc1OCCCc1ccccc1)c1ccc(Cl)cc1. The first-order chi connectivity index (χ1) is 14.1. The summed E-state index contributed by atoms with van der Waals surface area (Å²) >= 11 is 11.1. The molecular formula is C23H21ClN2O2S. The van der Waals surface area contributed by atoms with Crippen LogP contribution < -0.4 is 15.4 Å². The number of para-hydroxylation sites is 2. The maximum atomic E-state index is 12.3. The molecule has 2 N–H and O–H groups in total. The number of benzene rings is 3. The highest BCUT2D eigenvalue weighted by molar-refractivity contribution is 7.80. The summed E-state index contributed by atoms with van der Waals surface area (Å²) in [5.74, 6) is 0.379. The Hall–Kier alpha value is -2.89. The molecule has 0 aliphatic rings. The molecule has 0 atom stereocenters. The number of anilines is 1. The summed E-state index contributed by atoms with van der Waals surface area (Å²) in [6, 6.07) is 24.4. The number of carbonyl (C=O) groups is 1. The Balaban J connectivity index is 1.52. The van der Waals surface area contributed by atoms with Crippen LogP contribution in [-0.2, 0) is 6.42 Å². The van der Waals surface area contributed by atoms with Crippen LogP contribution >= 0.6 is 23.8 Å². The number of nitrogens with one attached hydrogen (secondary N) is 2. The molecule has 0 fully saturated rings. The Bertz CT molecular complexity index is 962. The molecule has 0 aliphatic carbocycles. The average Bonchev–Trinajstić information content (AvgIpc) is 2.73. The van der Waals surface area contributed by atoms with Crippen LogP contribution in [0.15, 0.2) is 78.9 Å². The van der Waals surface area contributed by atoms with E-state index in [1.165, 1.54) is 5.56 Å². The largest absolute Gasteiger partial charge is 0.491 e. The summed E-state index contributed by atoms with van der Waals surface area (Å²) in [5, 5.41) is 6.46. The van der Waals surface area contributed by atoms with Gasteiger partial charge in [-0.05, 0) is 67.0 Å². The van der Waals surface area contributed by atoms with Crippen molar-refractivity contribution in [2.45, 2.75) is 12.8 Å². The third-order valence-corrected chi connectivity index (χ3v) is 4.64. The van der Waals surface area contributed by atoms with E-state index in [-0.39, 0.29) is 11.0 Å². The van der Waals surface area contributed by atoms with Crippen molar-refractivity contribution in [3.63, 3.8) is 0 Å². The zero-order chi connectivity index (χ0) is 20.5. The van der Waals surface area contributed by atoms with Crippen LogP contribution in [-0.4, -0.2) is 17.6 Å². The van der Waals surface area contributed by atoms with E-state index in [1.807, 2.05) is 42.5 Å². The number of ether oxygens (including phenoxy) is 1. The van der Waals surface area contributed by atoms with Gasteiger partial charge in [-0.2, -0.15) is 0 Å². The molecule has 0 aromatic heterocycles. The van der Waals surface area contributed by atoms with Crippen LogP contribution in [0.5, 0.6) is 5.75 Å². The number of aryl methyl sites for hydroxylation is 1. The average molecular weight is 425 g/mol. The zero-order valence-corrected chi connectivity index (χ0v) is 17.3. The van der Waals surface area contributed by atoms with Crippen molar-refractivity contribution in [3.8, 4) is 5.75 Å². The Morgan fingerprint density at radius 3 is 2.38 bits per heavy atom. The molecule has 0 spiro atoms. The van der Waals surface area contributed by atoms with Crippen molar-refractivity contribution in [1.82, 2.24) is 5.32 Å². The van der Waals surface area contributed by atoms with E-state index in [9.17, 15) is 4.79 Å². The fourth-order valence-electron chi connectivity index (χ4n) is 2.73. The van der Waals surface area contributed by atoms with Gasteiger partial charge >= 0.3 is 0 Å². The van der Waals surface area contributed by atoms with E-state index < -0.39 is 0 Å². The van der Waals surface area contributed by atoms with Gasteiger partial charge in [0.25, 0.3) is 5.91 Å². The highest BCUT2D eigenvalue weighted by Crippen LogP contribution is 2.24. The molecule has 148 valence electrons. The molecule has 0 bridgehead atoms. The molecule has 0 aliphatic heterocycles. The van der Waals surface area contributed by atoms with Gasteiger partial charge in [-0.15, -0.1) is 0 Å². The van der Waals surface area contributed by atoms with Crippen LogP contribution in [0.1, 0.15) is 22.3 Å². The monoisotopic (exact) mass is 424 g/mol. The van der Waals surface area contributed by atoms with Crippen LogP contribution in [0.2, 0.25) is 5.02 Å². The van der Waals surface area contributed by atoms with Crippen LogP contribution in [0.25, 0.3) is 0 Å². The topological polar surface area (TPSA) is 50.4 Å². The Labute approximate surface area is 180 Å². The summed E-state index contributed by atoms with van der Waals surface area (Å²) in [6.45, 7) is 0.581. The Morgan fingerprint density at radius 1 is 0.931 bits per heavy atom.